The molecule has 4 aliphatic heterocycles. The average molecular weight is 626 g/mol. The van der Waals surface area contributed by atoms with Gasteiger partial charge >= 0.3 is 0 Å². The number of hydrogen-bond donors (Lipinski definition) is 0. The second-order valence-electron chi connectivity index (χ2n) is 11.0. The van der Waals surface area contributed by atoms with E-state index in [4.69, 9.17) is 13.7 Å². The van der Waals surface area contributed by atoms with Crippen LogP contribution in [0.1, 0.15) is 35.6 Å². The first-order valence-corrected chi connectivity index (χ1v) is 15.7. The SMILES string of the molecule is Cc1ccc(S(=O)(=O)OC2C3C(C(=O)N2Cc2ccc4c(c2)OCO4)C(c2ccc(Br)cc2)N2CCCC32)cc1. The highest BCUT2D eigenvalue weighted by Crippen LogP contribution is 2.55. The fraction of sp³-hybridized carbons (Fsp3) is 0.367. The van der Waals surface area contributed by atoms with Crippen LogP contribution in [0, 0.1) is 18.8 Å². The Morgan fingerprint density at radius 3 is 2.52 bits per heavy atom. The first-order valence-electron chi connectivity index (χ1n) is 13.5. The Morgan fingerprint density at radius 2 is 1.75 bits per heavy atom. The summed E-state index contributed by atoms with van der Waals surface area (Å²) in [5.74, 6) is 0.467. The number of carbonyl (C=O) groups excluding carboxylic acids is 1. The number of benzene rings is 3. The van der Waals surface area contributed by atoms with Crippen LogP contribution in [0.2, 0.25) is 0 Å². The van der Waals surface area contributed by atoms with Crippen LogP contribution in [0.15, 0.2) is 76.1 Å². The minimum atomic E-state index is -4.14. The number of ether oxygens (including phenoxy) is 2. The van der Waals surface area contributed by atoms with Gasteiger partial charge in [0.05, 0.1) is 10.8 Å². The molecule has 208 valence electrons. The lowest BCUT2D eigenvalue weighted by Gasteiger charge is -2.33. The minimum Gasteiger partial charge on any atom is -0.454 e. The Bertz CT molecular complexity index is 1560. The van der Waals surface area contributed by atoms with Gasteiger partial charge in [-0.15, -0.1) is 0 Å². The van der Waals surface area contributed by atoms with Gasteiger partial charge in [-0.3, -0.25) is 9.69 Å². The number of fused-ring (bicyclic) bond motifs is 4. The predicted octanol–water partition coefficient (Wildman–Crippen LogP) is 5.01. The van der Waals surface area contributed by atoms with Crippen LogP contribution in [0.25, 0.3) is 0 Å². The highest BCUT2D eigenvalue weighted by atomic mass is 79.9. The van der Waals surface area contributed by atoms with E-state index >= 15 is 0 Å². The summed E-state index contributed by atoms with van der Waals surface area (Å²) in [5.41, 5.74) is 2.83. The number of nitrogens with zero attached hydrogens (tertiary/aromatic N) is 2. The Hall–Kier alpha value is -2.92. The fourth-order valence-corrected chi connectivity index (χ4v) is 8.23. The third kappa shape index (κ3) is 4.32. The van der Waals surface area contributed by atoms with Crippen molar-refractivity contribution in [2.75, 3.05) is 13.3 Å². The number of hydrogen-bond acceptors (Lipinski definition) is 7. The molecule has 0 saturated carbocycles. The van der Waals surface area contributed by atoms with Crippen LogP contribution in [0.4, 0.5) is 0 Å². The second kappa shape index (κ2) is 9.87. The molecule has 5 atom stereocenters. The van der Waals surface area contributed by atoms with Gasteiger partial charge < -0.3 is 14.4 Å². The molecule has 0 radical (unpaired) electrons. The van der Waals surface area contributed by atoms with Gasteiger partial charge in [0.1, 0.15) is 0 Å². The summed E-state index contributed by atoms with van der Waals surface area (Å²) in [7, 11) is -4.14. The van der Waals surface area contributed by atoms with Crippen LogP contribution in [-0.4, -0.2) is 49.7 Å². The van der Waals surface area contributed by atoms with Crippen LogP contribution in [0.3, 0.4) is 0 Å². The topological polar surface area (TPSA) is 85.4 Å². The van der Waals surface area contributed by atoms with Crippen LogP contribution in [-0.2, 0) is 25.6 Å². The van der Waals surface area contributed by atoms with Crippen LogP contribution in [0.5, 0.6) is 11.5 Å². The molecule has 0 aliphatic carbocycles. The number of rotatable bonds is 6. The number of halogens is 1. The van der Waals surface area contributed by atoms with E-state index in [1.807, 2.05) is 37.3 Å². The van der Waals surface area contributed by atoms with E-state index in [1.54, 1.807) is 29.2 Å². The molecule has 0 spiro atoms. The normalized spacial score (nSPS) is 27.3. The molecule has 0 bridgehead atoms. The molecule has 4 aliphatic rings. The molecule has 3 aromatic carbocycles. The second-order valence-corrected chi connectivity index (χ2v) is 13.4. The van der Waals surface area contributed by atoms with Crippen molar-refractivity contribution in [2.24, 2.45) is 11.8 Å². The van der Waals surface area contributed by atoms with E-state index in [0.29, 0.717) is 11.5 Å². The lowest BCUT2D eigenvalue weighted by molar-refractivity contribution is -0.137. The fourth-order valence-electron chi connectivity index (χ4n) is 6.89. The first kappa shape index (κ1) is 26.0. The zero-order valence-corrected chi connectivity index (χ0v) is 24.3. The van der Waals surface area contributed by atoms with E-state index in [2.05, 4.69) is 33.0 Å². The summed E-state index contributed by atoms with van der Waals surface area (Å²) in [5, 5.41) is 0. The van der Waals surface area contributed by atoms with Crippen molar-refractivity contribution in [3.8, 4) is 11.5 Å². The van der Waals surface area contributed by atoms with Crippen LogP contribution < -0.4 is 9.47 Å². The zero-order chi connectivity index (χ0) is 27.6. The number of likely N-dealkylation sites (tertiary alicyclic amines) is 1. The Morgan fingerprint density at radius 1 is 1.00 bits per heavy atom. The number of aryl methyl sites for hydroxylation is 1. The largest absolute Gasteiger partial charge is 0.454 e. The maximum atomic E-state index is 14.3. The van der Waals surface area contributed by atoms with Gasteiger partial charge in [0.2, 0.25) is 12.7 Å². The number of amides is 1. The lowest BCUT2D eigenvalue weighted by Crippen LogP contribution is -2.44. The molecular weight excluding hydrogens is 596 g/mol. The van der Waals surface area contributed by atoms with E-state index < -0.39 is 22.3 Å². The lowest BCUT2D eigenvalue weighted by atomic mass is 9.85. The highest BCUT2D eigenvalue weighted by Gasteiger charge is 2.64. The van der Waals surface area contributed by atoms with Gasteiger partial charge in [-0.2, -0.15) is 8.42 Å². The van der Waals surface area contributed by atoms with Gasteiger partial charge in [-0.05, 0) is 73.8 Å². The molecule has 10 heteroatoms. The molecule has 0 N–H and O–H groups in total. The molecule has 0 aromatic heterocycles. The van der Waals surface area contributed by atoms with Gasteiger partial charge in [0, 0.05) is 29.0 Å². The summed E-state index contributed by atoms with van der Waals surface area (Å²) in [6.07, 6.45) is 0.957. The molecular formula is C30H29BrN2O6S. The molecule has 3 saturated heterocycles. The quantitative estimate of drug-likeness (QED) is 0.356. The standard InChI is InChI=1S/C30H29BrN2O6S/c1-18-4-11-22(12-5-18)40(35,36)39-30-26-23-3-2-14-32(23)28(20-7-9-21(31)10-8-20)27(26)29(34)33(30)16-19-6-13-24-25(15-19)38-17-37-24/h4-13,15,23,26-28,30H,2-3,14,16-17H2,1H3. The van der Waals surface area contributed by atoms with Crippen molar-refractivity contribution >= 4 is 32.0 Å². The van der Waals surface area contributed by atoms with Gasteiger partial charge in [0.25, 0.3) is 10.1 Å². The molecule has 3 fully saturated rings. The van der Waals surface area contributed by atoms with E-state index in [1.165, 1.54) is 0 Å². The molecule has 4 heterocycles. The number of carbonyl (C=O) groups is 1. The molecule has 40 heavy (non-hydrogen) atoms. The molecule has 7 rings (SSSR count). The Labute approximate surface area is 242 Å². The van der Waals surface area contributed by atoms with Crippen LogP contribution >= 0.6 is 15.9 Å². The molecule has 8 nitrogen and oxygen atoms in total. The van der Waals surface area contributed by atoms with Crippen molar-refractivity contribution in [1.82, 2.24) is 9.80 Å². The maximum Gasteiger partial charge on any atom is 0.298 e. The smallest absolute Gasteiger partial charge is 0.298 e. The summed E-state index contributed by atoms with van der Waals surface area (Å²) < 4.78 is 45.3. The minimum absolute atomic E-state index is 0.0440. The summed E-state index contributed by atoms with van der Waals surface area (Å²) in [4.78, 5) is 18.4. The van der Waals surface area contributed by atoms with Crippen molar-refractivity contribution in [3.05, 3.63) is 87.9 Å². The third-order valence-corrected chi connectivity index (χ3v) is 10.5. The summed E-state index contributed by atoms with van der Waals surface area (Å²) >= 11 is 3.52. The molecule has 1 amide bonds. The maximum absolute atomic E-state index is 14.3. The monoisotopic (exact) mass is 624 g/mol. The summed E-state index contributed by atoms with van der Waals surface area (Å²) in [6, 6.07) is 20.2. The van der Waals surface area contributed by atoms with Crippen molar-refractivity contribution in [1.29, 1.82) is 0 Å². The van der Waals surface area contributed by atoms with E-state index in [9.17, 15) is 13.2 Å². The van der Waals surface area contributed by atoms with Crippen molar-refractivity contribution in [2.45, 2.75) is 49.5 Å². The molecule has 5 unspecified atom stereocenters. The van der Waals surface area contributed by atoms with E-state index in [-0.39, 0.29) is 42.1 Å². The first-order chi connectivity index (χ1) is 19.3. The third-order valence-electron chi connectivity index (χ3n) is 8.64. The van der Waals surface area contributed by atoms with Gasteiger partial charge in [-0.1, -0.05) is 51.8 Å². The molecule has 3 aromatic rings. The summed E-state index contributed by atoms with van der Waals surface area (Å²) in [6.45, 7) is 3.13. The average Bonchev–Trinajstić information content (AvgIpc) is 3.70. The Kier molecular flexibility index (Phi) is 6.42. The van der Waals surface area contributed by atoms with Crippen molar-refractivity contribution < 1.29 is 26.9 Å². The van der Waals surface area contributed by atoms with Crippen molar-refractivity contribution in [3.63, 3.8) is 0 Å². The van der Waals surface area contributed by atoms with E-state index in [0.717, 1.165) is 40.5 Å². The van der Waals surface area contributed by atoms with Gasteiger partial charge in [-0.25, -0.2) is 4.18 Å². The predicted molar refractivity (Wildman–Crippen MR) is 150 cm³/mol. The highest BCUT2D eigenvalue weighted by molar-refractivity contribution is 9.10. The Balaban J connectivity index is 1.29. The van der Waals surface area contributed by atoms with Gasteiger partial charge in [0.15, 0.2) is 17.7 Å². The zero-order valence-electron chi connectivity index (χ0n) is 21.9.